The second-order valence-electron chi connectivity index (χ2n) is 4.38. The minimum Gasteiger partial charge on any atom is -0.380 e. The number of benzene rings is 2. The summed E-state index contributed by atoms with van der Waals surface area (Å²) in [4.78, 5) is 0. The standard InChI is InChI=1S/C15H9BrClFN2O/c16-10-5-2-6-11(18)13(10)14-12(15(19)20-21-14)8-3-1-4-9(17)7-8/h1-7H,(H2,19,20). The van der Waals surface area contributed by atoms with Crippen molar-refractivity contribution in [3.63, 3.8) is 0 Å². The predicted molar refractivity (Wildman–Crippen MR) is 84.5 cm³/mol. The lowest BCUT2D eigenvalue weighted by Gasteiger charge is -2.06. The molecule has 2 N–H and O–H groups in total. The van der Waals surface area contributed by atoms with Gasteiger partial charge in [0.05, 0.1) is 11.1 Å². The van der Waals surface area contributed by atoms with Crippen LogP contribution in [0.4, 0.5) is 10.2 Å². The summed E-state index contributed by atoms with van der Waals surface area (Å²) < 4.78 is 19.9. The normalized spacial score (nSPS) is 10.8. The lowest BCUT2D eigenvalue weighted by Crippen LogP contribution is -1.91. The zero-order chi connectivity index (χ0) is 15.0. The Morgan fingerprint density at radius 3 is 2.62 bits per heavy atom. The van der Waals surface area contributed by atoms with E-state index in [2.05, 4.69) is 21.1 Å². The average Bonchev–Trinajstić information content (AvgIpc) is 2.80. The van der Waals surface area contributed by atoms with Crippen molar-refractivity contribution in [1.29, 1.82) is 0 Å². The van der Waals surface area contributed by atoms with Crippen molar-refractivity contribution >= 4 is 33.3 Å². The molecule has 0 aliphatic rings. The van der Waals surface area contributed by atoms with Crippen LogP contribution in [0.15, 0.2) is 51.5 Å². The first-order valence-corrected chi connectivity index (χ1v) is 7.20. The van der Waals surface area contributed by atoms with Gasteiger partial charge in [-0.3, -0.25) is 0 Å². The summed E-state index contributed by atoms with van der Waals surface area (Å²) in [6.07, 6.45) is 0. The Bertz CT molecular complexity index is 799. The fourth-order valence-corrected chi connectivity index (χ4v) is 2.82. The van der Waals surface area contributed by atoms with Crippen molar-refractivity contribution in [2.45, 2.75) is 0 Å². The maximum absolute atomic E-state index is 14.1. The molecule has 0 fully saturated rings. The molecule has 2 aromatic carbocycles. The van der Waals surface area contributed by atoms with Gasteiger partial charge in [-0.2, -0.15) is 0 Å². The molecule has 6 heteroatoms. The largest absolute Gasteiger partial charge is 0.380 e. The molecule has 0 radical (unpaired) electrons. The molecule has 3 nitrogen and oxygen atoms in total. The van der Waals surface area contributed by atoms with Crippen LogP contribution in [0.3, 0.4) is 0 Å². The van der Waals surface area contributed by atoms with Crippen LogP contribution >= 0.6 is 27.5 Å². The number of hydrogen-bond donors (Lipinski definition) is 1. The van der Waals surface area contributed by atoms with Gasteiger partial charge in [0.25, 0.3) is 0 Å². The fourth-order valence-electron chi connectivity index (χ4n) is 2.11. The number of rotatable bonds is 2. The van der Waals surface area contributed by atoms with E-state index in [-0.39, 0.29) is 17.1 Å². The van der Waals surface area contributed by atoms with Crippen molar-refractivity contribution in [3.8, 4) is 22.5 Å². The highest BCUT2D eigenvalue weighted by Gasteiger charge is 2.22. The number of aromatic nitrogens is 1. The Morgan fingerprint density at radius 2 is 1.90 bits per heavy atom. The van der Waals surface area contributed by atoms with Gasteiger partial charge >= 0.3 is 0 Å². The smallest absolute Gasteiger partial charge is 0.181 e. The van der Waals surface area contributed by atoms with Crippen LogP contribution in [0.1, 0.15) is 0 Å². The van der Waals surface area contributed by atoms with E-state index in [0.717, 1.165) is 0 Å². The topological polar surface area (TPSA) is 52.0 Å². The molecule has 0 saturated heterocycles. The van der Waals surface area contributed by atoms with Crippen molar-refractivity contribution in [2.75, 3.05) is 5.73 Å². The lowest BCUT2D eigenvalue weighted by molar-refractivity contribution is 0.433. The van der Waals surface area contributed by atoms with Crippen molar-refractivity contribution in [3.05, 3.63) is 57.8 Å². The van der Waals surface area contributed by atoms with Crippen LogP contribution in [0.2, 0.25) is 5.02 Å². The predicted octanol–water partition coefficient (Wildman–Crippen LogP) is 5.15. The number of nitrogens with two attached hydrogens (primary N) is 1. The van der Waals surface area contributed by atoms with Crippen LogP contribution in [0.25, 0.3) is 22.5 Å². The second kappa shape index (κ2) is 5.50. The molecular formula is C15H9BrClFN2O. The molecular weight excluding hydrogens is 359 g/mol. The molecule has 1 aromatic heterocycles. The van der Waals surface area contributed by atoms with E-state index in [9.17, 15) is 4.39 Å². The third-order valence-electron chi connectivity index (χ3n) is 3.02. The summed E-state index contributed by atoms with van der Waals surface area (Å²) >= 11 is 9.32. The van der Waals surface area contributed by atoms with Gasteiger partial charge in [-0.1, -0.05) is 35.0 Å². The first-order chi connectivity index (χ1) is 10.1. The molecule has 1 heterocycles. The van der Waals surface area contributed by atoms with Gasteiger partial charge < -0.3 is 10.3 Å². The van der Waals surface area contributed by atoms with E-state index in [1.54, 1.807) is 30.3 Å². The number of anilines is 1. The van der Waals surface area contributed by atoms with Crippen LogP contribution in [-0.2, 0) is 0 Å². The van der Waals surface area contributed by atoms with Gasteiger partial charge in [-0.15, -0.1) is 0 Å². The highest BCUT2D eigenvalue weighted by molar-refractivity contribution is 9.10. The van der Waals surface area contributed by atoms with E-state index in [4.69, 9.17) is 21.9 Å². The molecule has 0 amide bonds. The fraction of sp³-hybridized carbons (Fsp3) is 0. The number of hydrogen-bond acceptors (Lipinski definition) is 3. The Labute approximate surface area is 133 Å². The van der Waals surface area contributed by atoms with E-state index < -0.39 is 5.82 Å². The number of halogens is 3. The van der Waals surface area contributed by atoms with E-state index in [0.29, 0.717) is 20.6 Å². The molecule has 0 spiro atoms. The van der Waals surface area contributed by atoms with Crippen molar-refractivity contribution < 1.29 is 8.91 Å². The van der Waals surface area contributed by atoms with Crippen LogP contribution in [-0.4, -0.2) is 5.16 Å². The summed E-state index contributed by atoms with van der Waals surface area (Å²) in [5.41, 5.74) is 7.38. The third-order valence-corrected chi connectivity index (χ3v) is 3.92. The highest BCUT2D eigenvalue weighted by Crippen LogP contribution is 2.41. The zero-order valence-electron chi connectivity index (χ0n) is 10.6. The van der Waals surface area contributed by atoms with Crippen LogP contribution in [0, 0.1) is 5.82 Å². The minimum absolute atomic E-state index is 0.183. The maximum atomic E-state index is 14.1. The molecule has 3 aromatic rings. The van der Waals surface area contributed by atoms with Crippen molar-refractivity contribution in [1.82, 2.24) is 5.16 Å². The molecule has 0 unspecified atom stereocenters. The molecule has 0 aliphatic carbocycles. The van der Waals surface area contributed by atoms with Gasteiger partial charge in [-0.25, -0.2) is 4.39 Å². The molecule has 0 aliphatic heterocycles. The molecule has 3 rings (SSSR count). The Hall–Kier alpha value is -1.85. The van der Waals surface area contributed by atoms with Crippen molar-refractivity contribution in [2.24, 2.45) is 0 Å². The molecule has 0 bridgehead atoms. The van der Waals surface area contributed by atoms with Crippen LogP contribution < -0.4 is 5.73 Å². The summed E-state index contributed by atoms with van der Waals surface area (Å²) in [5.74, 6) is 0.0194. The Morgan fingerprint density at radius 1 is 1.14 bits per heavy atom. The minimum atomic E-state index is -0.427. The Balaban J connectivity index is 2.27. The van der Waals surface area contributed by atoms with E-state index >= 15 is 0 Å². The third kappa shape index (κ3) is 2.54. The Kier molecular flexibility index (Phi) is 3.69. The van der Waals surface area contributed by atoms with Gasteiger partial charge in [0.1, 0.15) is 5.82 Å². The van der Waals surface area contributed by atoms with Gasteiger partial charge in [0, 0.05) is 9.50 Å². The number of nitrogens with zero attached hydrogens (tertiary/aromatic N) is 1. The summed E-state index contributed by atoms with van der Waals surface area (Å²) in [6.45, 7) is 0. The van der Waals surface area contributed by atoms with Gasteiger partial charge in [0.15, 0.2) is 11.6 Å². The van der Waals surface area contributed by atoms with E-state index in [1.165, 1.54) is 6.07 Å². The van der Waals surface area contributed by atoms with Gasteiger partial charge in [0.2, 0.25) is 0 Å². The van der Waals surface area contributed by atoms with Crippen LogP contribution in [0.5, 0.6) is 0 Å². The first-order valence-electron chi connectivity index (χ1n) is 6.03. The SMILES string of the molecule is Nc1noc(-c2c(F)cccc2Br)c1-c1cccc(Cl)c1. The first kappa shape index (κ1) is 14.1. The molecule has 0 saturated carbocycles. The quantitative estimate of drug-likeness (QED) is 0.682. The monoisotopic (exact) mass is 366 g/mol. The lowest BCUT2D eigenvalue weighted by atomic mass is 10.0. The second-order valence-corrected chi connectivity index (χ2v) is 5.67. The molecule has 106 valence electrons. The van der Waals surface area contributed by atoms with Gasteiger partial charge in [-0.05, 0) is 45.8 Å². The molecule has 21 heavy (non-hydrogen) atoms. The number of nitrogen functional groups attached to an aromatic ring is 1. The van der Waals surface area contributed by atoms with E-state index in [1.807, 2.05) is 6.07 Å². The summed E-state index contributed by atoms with van der Waals surface area (Å²) in [7, 11) is 0. The zero-order valence-corrected chi connectivity index (χ0v) is 13.0. The molecule has 0 atom stereocenters. The summed E-state index contributed by atoms with van der Waals surface area (Å²) in [5, 5.41) is 4.30. The average molecular weight is 368 g/mol. The summed E-state index contributed by atoms with van der Waals surface area (Å²) in [6, 6.07) is 11.7. The maximum Gasteiger partial charge on any atom is 0.181 e. The highest BCUT2D eigenvalue weighted by atomic mass is 79.9.